The molecule has 0 spiro atoms. The predicted octanol–water partition coefficient (Wildman–Crippen LogP) is 5.24. The molecule has 0 fully saturated rings. The van der Waals surface area contributed by atoms with Gasteiger partial charge in [0.15, 0.2) is 5.43 Å². The van der Waals surface area contributed by atoms with Crippen molar-refractivity contribution >= 4 is 82.9 Å². The molecule has 0 saturated heterocycles. The fourth-order valence-electron chi connectivity index (χ4n) is 4.13. The molecule has 12 heteroatoms. The maximum Gasteiger partial charge on any atom is 0.289 e. The van der Waals surface area contributed by atoms with E-state index in [1.165, 1.54) is 6.07 Å². The van der Waals surface area contributed by atoms with Crippen molar-refractivity contribution in [2.45, 2.75) is 11.8 Å². The normalized spacial score (nSPS) is 14.7. The Kier molecular flexibility index (Phi) is 5.23. The minimum absolute atomic E-state index is 0.0226. The molecule has 1 aliphatic heterocycles. The molecule has 0 bridgehead atoms. The number of fused-ring (bicyclic) bond motifs is 1. The number of ether oxygens (including phenoxy) is 1. The van der Waals surface area contributed by atoms with Gasteiger partial charge in [-0.25, -0.2) is 0 Å². The van der Waals surface area contributed by atoms with E-state index in [1.807, 2.05) is 6.92 Å². The van der Waals surface area contributed by atoms with Crippen molar-refractivity contribution in [3.63, 3.8) is 0 Å². The molecule has 0 saturated carbocycles. The van der Waals surface area contributed by atoms with Crippen LogP contribution < -0.4 is 15.4 Å². The molecule has 5 rings (SSSR count). The van der Waals surface area contributed by atoms with Crippen LogP contribution in [0.4, 0.5) is 11.4 Å². The Morgan fingerprint density at radius 2 is 1.71 bits per heavy atom. The average Bonchev–Trinajstić information content (AvgIpc) is 3.24. The smallest absolute Gasteiger partial charge is 0.289 e. The minimum Gasteiger partial charge on any atom is -0.494 e. The highest BCUT2D eigenvalue weighted by Gasteiger charge is 2.33. The van der Waals surface area contributed by atoms with Crippen molar-refractivity contribution in [2.75, 3.05) is 6.61 Å². The molecule has 4 aromatic rings. The molecule has 170 valence electrons. The molecule has 1 heterocycles. The number of hydrogen-bond donors (Lipinski definition) is 0. The number of benzene rings is 3. The van der Waals surface area contributed by atoms with Crippen molar-refractivity contribution in [3.8, 4) is 5.75 Å². The summed E-state index contributed by atoms with van der Waals surface area (Å²) < 4.78 is 5.40. The maximum atomic E-state index is 13.5. The fraction of sp³-hybridized carbons (Fsp3) is 0.0909. The monoisotopic (exact) mass is 560 g/mol. The van der Waals surface area contributed by atoms with E-state index >= 15 is 0 Å². The molecular formula is C22H10BrClN2O7S. The Morgan fingerprint density at radius 3 is 2.35 bits per heavy atom. The SMILES string of the molecule is CCOc1ccc2c(c1)S/C(=c1/c(=O)c3cc([N+](=O)[O-])c(Cl)c4c(Br)c([N+](=O)[O-])cc1c43)C2=O. The minimum atomic E-state index is -0.762. The molecule has 1 aliphatic rings. The number of thioether (sulfide) groups is 1. The van der Waals surface area contributed by atoms with E-state index in [9.17, 15) is 29.8 Å². The second kappa shape index (κ2) is 7.90. The highest BCUT2D eigenvalue weighted by atomic mass is 79.9. The van der Waals surface area contributed by atoms with E-state index in [4.69, 9.17) is 16.3 Å². The molecule has 0 atom stereocenters. The highest BCUT2D eigenvalue weighted by molar-refractivity contribution is 9.10. The lowest BCUT2D eigenvalue weighted by atomic mass is 10.0. The summed E-state index contributed by atoms with van der Waals surface area (Å²) in [6, 6.07) is 7.16. The number of nitro benzene ring substituents is 2. The van der Waals surface area contributed by atoms with E-state index in [-0.39, 0.29) is 41.2 Å². The van der Waals surface area contributed by atoms with Crippen molar-refractivity contribution < 1.29 is 19.4 Å². The Balaban J connectivity index is 1.95. The standard InChI is InChI=1S/C22H10BrClN2O7S/c1-2-33-8-3-4-9-14(5-8)34-22(21(9)28)16-10-6-12(25(29)30)18(23)17-15(10)11(20(16)27)7-13(19(17)24)26(31)32/h3-7H,2H2,1H3/b22-16+. The summed E-state index contributed by atoms with van der Waals surface area (Å²) in [6.07, 6.45) is 0. The van der Waals surface area contributed by atoms with Crippen LogP contribution in [0, 0.1) is 20.2 Å². The summed E-state index contributed by atoms with van der Waals surface area (Å²) in [5.74, 6) is 0.136. The van der Waals surface area contributed by atoms with Crippen LogP contribution in [0.2, 0.25) is 5.02 Å². The third-order valence-electron chi connectivity index (χ3n) is 5.53. The lowest BCUT2D eigenvalue weighted by Gasteiger charge is -2.06. The lowest BCUT2D eigenvalue weighted by Crippen LogP contribution is -2.23. The first-order valence-electron chi connectivity index (χ1n) is 9.71. The summed E-state index contributed by atoms with van der Waals surface area (Å²) in [4.78, 5) is 49.3. The number of nitrogens with zero attached hydrogens (tertiary/aromatic N) is 2. The lowest BCUT2D eigenvalue weighted by molar-refractivity contribution is -0.385. The molecule has 0 radical (unpaired) electrons. The molecule has 9 nitrogen and oxygen atoms in total. The number of carbonyl (C=O) groups is 1. The van der Waals surface area contributed by atoms with Crippen molar-refractivity contribution in [3.05, 3.63) is 81.1 Å². The second-order valence-corrected chi connectivity index (χ2v) is 9.56. The van der Waals surface area contributed by atoms with Gasteiger partial charge >= 0.3 is 0 Å². The third kappa shape index (κ3) is 3.07. The number of Topliss-reactive ketones (excluding diaryl/α,β-unsaturated/α-hetero) is 1. The van der Waals surface area contributed by atoms with Gasteiger partial charge in [0.1, 0.15) is 15.2 Å². The van der Waals surface area contributed by atoms with Crippen LogP contribution in [0.3, 0.4) is 0 Å². The van der Waals surface area contributed by atoms with Gasteiger partial charge in [-0.15, -0.1) is 0 Å². The van der Waals surface area contributed by atoms with E-state index in [1.54, 1.807) is 18.2 Å². The largest absolute Gasteiger partial charge is 0.494 e. The summed E-state index contributed by atoms with van der Waals surface area (Å²) in [7, 11) is 0. The predicted molar refractivity (Wildman–Crippen MR) is 131 cm³/mol. The Morgan fingerprint density at radius 1 is 1.03 bits per heavy atom. The Bertz CT molecular complexity index is 1710. The molecule has 4 aromatic carbocycles. The Labute approximate surface area is 207 Å². The van der Waals surface area contributed by atoms with Gasteiger partial charge in [-0.05, 0) is 41.1 Å². The van der Waals surface area contributed by atoms with Crippen LogP contribution in [-0.4, -0.2) is 22.2 Å². The van der Waals surface area contributed by atoms with Crippen LogP contribution in [0.25, 0.3) is 26.5 Å². The molecule has 0 unspecified atom stereocenters. The van der Waals surface area contributed by atoms with E-state index < -0.39 is 32.4 Å². The van der Waals surface area contributed by atoms with Gasteiger partial charge < -0.3 is 4.74 Å². The maximum absolute atomic E-state index is 13.5. The van der Waals surface area contributed by atoms with Gasteiger partial charge in [-0.3, -0.25) is 29.8 Å². The van der Waals surface area contributed by atoms with Gasteiger partial charge in [0.25, 0.3) is 11.4 Å². The van der Waals surface area contributed by atoms with Gasteiger partial charge in [0, 0.05) is 49.4 Å². The van der Waals surface area contributed by atoms with Crippen molar-refractivity contribution in [2.24, 2.45) is 0 Å². The molecule has 34 heavy (non-hydrogen) atoms. The molecule has 0 amide bonds. The first-order chi connectivity index (χ1) is 16.1. The number of halogens is 2. The highest BCUT2D eigenvalue weighted by Crippen LogP contribution is 2.46. The topological polar surface area (TPSA) is 130 Å². The molecule has 0 aromatic heterocycles. The fourth-order valence-corrected chi connectivity index (χ4v) is 6.39. The first-order valence-corrected chi connectivity index (χ1v) is 11.7. The average molecular weight is 562 g/mol. The van der Waals surface area contributed by atoms with Gasteiger partial charge in [-0.1, -0.05) is 23.4 Å². The summed E-state index contributed by atoms with van der Waals surface area (Å²) in [5, 5.41) is 23.2. The molecule has 0 aliphatic carbocycles. The number of ketones is 1. The number of nitro groups is 2. The zero-order valence-electron chi connectivity index (χ0n) is 17.0. The van der Waals surface area contributed by atoms with E-state index in [0.717, 1.165) is 17.8 Å². The number of rotatable bonds is 4. The quantitative estimate of drug-likeness (QED) is 0.244. The van der Waals surface area contributed by atoms with Crippen LogP contribution in [-0.2, 0) is 0 Å². The van der Waals surface area contributed by atoms with Crippen LogP contribution in [0.5, 0.6) is 5.75 Å². The van der Waals surface area contributed by atoms with Crippen LogP contribution >= 0.6 is 39.3 Å². The zero-order chi connectivity index (χ0) is 24.5. The first kappa shape index (κ1) is 22.5. The number of hydrogen-bond acceptors (Lipinski definition) is 8. The van der Waals surface area contributed by atoms with Gasteiger partial charge in [0.05, 0.1) is 21.4 Å². The van der Waals surface area contributed by atoms with E-state index in [0.29, 0.717) is 22.8 Å². The summed E-state index contributed by atoms with van der Waals surface area (Å²) in [5.41, 5.74) is -1.27. The number of carbonyl (C=O) groups excluding carboxylic acids is 1. The summed E-state index contributed by atoms with van der Waals surface area (Å²) in [6.45, 7) is 2.25. The molecular weight excluding hydrogens is 552 g/mol. The van der Waals surface area contributed by atoms with Gasteiger partial charge in [0.2, 0.25) is 5.78 Å². The summed E-state index contributed by atoms with van der Waals surface area (Å²) >= 11 is 10.5. The zero-order valence-corrected chi connectivity index (χ0v) is 20.2. The van der Waals surface area contributed by atoms with E-state index in [2.05, 4.69) is 15.9 Å². The third-order valence-corrected chi connectivity index (χ3v) is 7.86. The Hall–Kier alpha value is -3.28. The van der Waals surface area contributed by atoms with Gasteiger partial charge in [-0.2, -0.15) is 0 Å². The van der Waals surface area contributed by atoms with Crippen LogP contribution in [0.1, 0.15) is 17.3 Å². The van der Waals surface area contributed by atoms with Crippen molar-refractivity contribution in [1.82, 2.24) is 0 Å². The molecule has 0 N–H and O–H groups in total. The van der Waals surface area contributed by atoms with Crippen molar-refractivity contribution in [1.29, 1.82) is 0 Å². The second-order valence-electron chi connectivity index (χ2n) is 7.33. The van der Waals surface area contributed by atoms with Crippen LogP contribution in [0.15, 0.2) is 44.5 Å².